The van der Waals surface area contributed by atoms with Crippen LogP contribution in [0.4, 0.5) is 11.4 Å². The molecule has 0 saturated carbocycles. The normalized spacial score (nSPS) is 11.2. The number of benzene rings is 3. The van der Waals surface area contributed by atoms with E-state index in [1.54, 1.807) is 12.1 Å². The predicted octanol–water partition coefficient (Wildman–Crippen LogP) is 6.58. The van der Waals surface area contributed by atoms with Gasteiger partial charge < -0.3 is 13.7 Å². The number of hydrogen-bond donors (Lipinski definition) is 0. The highest BCUT2D eigenvalue weighted by Crippen LogP contribution is 2.44. The van der Waals surface area contributed by atoms with E-state index in [0.29, 0.717) is 33.8 Å². The zero-order chi connectivity index (χ0) is 23.8. The lowest BCUT2D eigenvalue weighted by molar-refractivity contribution is -0.384. The molecule has 2 aliphatic heterocycles. The number of rotatable bonds is 6. The maximum atomic E-state index is 13.1. The summed E-state index contributed by atoms with van der Waals surface area (Å²) in [7, 11) is 0. The van der Waals surface area contributed by atoms with Crippen molar-refractivity contribution in [1.29, 1.82) is 0 Å². The van der Waals surface area contributed by atoms with E-state index in [1.165, 1.54) is 12.1 Å². The second-order valence-electron chi connectivity index (χ2n) is 7.92. The summed E-state index contributed by atoms with van der Waals surface area (Å²) in [4.78, 5) is 25.9. The van der Waals surface area contributed by atoms with Crippen LogP contribution in [0, 0.1) is 10.1 Å². The van der Waals surface area contributed by atoms with Gasteiger partial charge in [-0.3, -0.25) is 10.1 Å². The maximum absolute atomic E-state index is 13.1. The number of para-hydroxylation sites is 1. The largest absolute Gasteiger partial charge is 0.452 e. The van der Waals surface area contributed by atoms with Crippen molar-refractivity contribution in [3.8, 4) is 33.8 Å². The molecule has 7 nitrogen and oxygen atoms in total. The van der Waals surface area contributed by atoms with Gasteiger partial charge in [-0.05, 0) is 61.9 Å². The lowest BCUT2D eigenvalue weighted by Crippen LogP contribution is -2.21. The fraction of sp³-hybridized carbons (Fsp3) is 0.148. The summed E-state index contributed by atoms with van der Waals surface area (Å²) in [6.45, 7) is 6.02. The monoisotopic (exact) mass is 454 g/mol. The number of anilines is 1. The molecular formula is C27H22N2O5. The first-order valence-corrected chi connectivity index (χ1v) is 11.1. The molecule has 5 rings (SSSR count). The van der Waals surface area contributed by atoms with E-state index in [-0.39, 0.29) is 5.69 Å². The molecule has 0 aromatic heterocycles. The van der Waals surface area contributed by atoms with E-state index in [0.717, 1.165) is 29.7 Å². The Labute approximate surface area is 195 Å². The summed E-state index contributed by atoms with van der Waals surface area (Å²) in [5, 5.41) is 11.8. The molecule has 3 aromatic carbocycles. The van der Waals surface area contributed by atoms with Crippen molar-refractivity contribution in [3.05, 3.63) is 93.3 Å². The quantitative estimate of drug-likeness (QED) is 0.213. The van der Waals surface area contributed by atoms with Gasteiger partial charge in [0.15, 0.2) is 11.5 Å². The molecule has 34 heavy (non-hydrogen) atoms. The second-order valence-corrected chi connectivity index (χ2v) is 7.92. The van der Waals surface area contributed by atoms with Crippen LogP contribution in [0.15, 0.2) is 86.4 Å². The first kappa shape index (κ1) is 21.5. The average Bonchev–Trinajstić information content (AvgIpc) is 3.22. The van der Waals surface area contributed by atoms with Crippen molar-refractivity contribution < 1.29 is 13.8 Å². The average molecular weight is 454 g/mol. The topological polar surface area (TPSA) is 89.7 Å². The van der Waals surface area contributed by atoms with Crippen molar-refractivity contribution in [3.63, 3.8) is 0 Å². The van der Waals surface area contributed by atoms with Crippen molar-refractivity contribution in [2.45, 2.75) is 13.8 Å². The fourth-order valence-electron chi connectivity index (χ4n) is 4.36. The highest BCUT2D eigenvalue weighted by Gasteiger charge is 2.28. The molecule has 2 aliphatic rings. The third-order valence-corrected chi connectivity index (χ3v) is 6.08. The first-order chi connectivity index (χ1) is 16.5. The molecule has 0 bridgehead atoms. The van der Waals surface area contributed by atoms with E-state index in [4.69, 9.17) is 8.83 Å². The van der Waals surface area contributed by atoms with E-state index < -0.39 is 10.5 Å². The first-order valence-electron chi connectivity index (χ1n) is 11.1. The summed E-state index contributed by atoms with van der Waals surface area (Å²) in [6.07, 6.45) is 0. The molecule has 0 spiro atoms. The Morgan fingerprint density at radius 1 is 0.794 bits per heavy atom. The van der Waals surface area contributed by atoms with Gasteiger partial charge in [-0.1, -0.05) is 18.2 Å². The number of nitrogens with zero attached hydrogens (tertiary/aromatic N) is 2. The lowest BCUT2D eigenvalue weighted by Gasteiger charge is -2.21. The van der Waals surface area contributed by atoms with Crippen LogP contribution in [0.2, 0.25) is 0 Å². The van der Waals surface area contributed by atoms with Gasteiger partial charge in [0.05, 0.1) is 10.5 Å². The summed E-state index contributed by atoms with van der Waals surface area (Å²) in [6, 6.07) is 21.3. The van der Waals surface area contributed by atoms with Crippen molar-refractivity contribution >= 4 is 22.3 Å². The molecule has 7 heteroatoms. The summed E-state index contributed by atoms with van der Waals surface area (Å²) in [5.41, 5.74) is 3.47. The molecule has 0 fully saturated rings. The number of hydrogen-bond acceptors (Lipinski definition) is 6. The zero-order valence-electron chi connectivity index (χ0n) is 18.8. The van der Waals surface area contributed by atoms with Crippen LogP contribution < -0.4 is 10.5 Å². The Bertz CT molecular complexity index is 1510. The van der Waals surface area contributed by atoms with Gasteiger partial charge in [0.25, 0.3) is 5.69 Å². The molecule has 0 saturated heterocycles. The van der Waals surface area contributed by atoms with Gasteiger partial charge in [0.1, 0.15) is 5.58 Å². The van der Waals surface area contributed by atoms with Crippen LogP contribution in [-0.2, 0) is 0 Å². The van der Waals surface area contributed by atoms with Gasteiger partial charge in [-0.2, -0.15) is 0 Å². The van der Waals surface area contributed by atoms with Crippen LogP contribution in [0.1, 0.15) is 13.8 Å². The fourth-order valence-corrected chi connectivity index (χ4v) is 4.36. The predicted molar refractivity (Wildman–Crippen MR) is 132 cm³/mol. The smallest absolute Gasteiger partial charge is 0.345 e. The summed E-state index contributed by atoms with van der Waals surface area (Å²) in [5.74, 6) is 0.817. The molecule has 2 heterocycles. The number of fused-ring (bicyclic) bond motifs is 3. The Morgan fingerprint density at radius 2 is 1.44 bits per heavy atom. The van der Waals surface area contributed by atoms with Gasteiger partial charge in [-0.15, -0.1) is 0 Å². The summed E-state index contributed by atoms with van der Waals surface area (Å²) < 4.78 is 12.0. The molecule has 0 radical (unpaired) electrons. The zero-order valence-corrected chi connectivity index (χ0v) is 18.8. The van der Waals surface area contributed by atoms with Gasteiger partial charge in [0.2, 0.25) is 0 Å². The molecule has 170 valence electrons. The molecule has 0 atom stereocenters. The Morgan fingerprint density at radius 3 is 2.09 bits per heavy atom. The summed E-state index contributed by atoms with van der Waals surface area (Å²) >= 11 is 0. The van der Waals surface area contributed by atoms with Crippen LogP contribution in [-0.4, -0.2) is 18.0 Å². The van der Waals surface area contributed by atoms with Crippen LogP contribution in [0.5, 0.6) is 0 Å². The maximum Gasteiger partial charge on any atom is 0.345 e. The highest BCUT2D eigenvalue weighted by atomic mass is 16.6. The number of furan rings is 1. The SMILES string of the molecule is CCN(CC)c1ccc(-c2oc3ccccc3c3c(-c4ccc([N+](=O)[O-])cc4)c(=O)oc2-3)cc1. The number of nitro benzene ring substituents is 1. The Hall–Kier alpha value is -4.39. The Kier molecular flexibility index (Phi) is 5.37. The van der Waals surface area contributed by atoms with Gasteiger partial charge in [-0.25, -0.2) is 4.79 Å². The minimum absolute atomic E-state index is 0.0437. The second kappa shape index (κ2) is 8.51. The molecule has 0 aliphatic carbocycles. The van der Waals surface area contributed by atoms with Crippen molar-refractivity contribution in [2.75, 3.05) is 18.0 Å². The highest BCUT2D eigenvalue weighted by molar-refractivity contribution is 6.04. The third-order valence-electron chi connectivity index (χ3n) is 6.08. The third kappa shape index (κ3) is 3.51. The minimum Gasteiger partial charge on any atom is -0.452 e. The number of non-ortho nitro benzene ring substituents is 1. The van der Waals surface area contributed by atoms with Crippen LogP contribution in [0.25, 0.3) is 44.7 Å². The van der Waals surface area contributed by atoms with Crippen molar-refractivity contribution in [2.24, 2.45) is 0 Å². The van der Waals surface area contributed by atoms with Crippen LogP contribution >= 0.6 is 0 Å². The minimum atomic E-state index is -0.517. The molecule has 0 unspecified atom stereocenters. The lowest BCUT2D eigenvalue weighted by atomic mass is 9.95. The van der Waals surface area contributed by atoms with E-state index in [9.17, 15) is 14.9 Å². The van der Waals surface area contributed by atoms with E-state index in [1.807, 2.05) is 48.5 Å². The number of nitro groups is 1. The Balaban J connectivity index is 1.72. The van der Waals surface area contributed by atoms with Crippen molar-refractivity contribution in [1.82, 2.24) is 0 Å². The standard InChI is InChI=1S/C27H22N2O5/c1-3-28(4-2)19-13-11-18(12-14-19)25-26-24(21-7-5-6-8-22(21)33-25)23(27(30)34-26)17-9-15-20(16-10-17)29(31)32/h5-16H,3-4H2,1-2H3. The van der Waals surface area contributed by atoms with Gasteiger partial charge in [0, 0.05) is 47.4 Å². The van der Waals surface area contributed by atoms with E-state index >= 15 is 0 Å². The molecular weight excluding hydrogens is 432 g/mol. The molecule has 3 aromatic rings. The van der Waals surface area contributed by atoms with Crippen LogP contribution in [0.3, 0.4) is 0 Å². The van der Waals surface area contributed by atoms with Gasteiger partial charge >= 0.3 is 5.63 Å². The van der Waals surface area contributed by atoms with E-state index in [2.05, 4.69) is 18.7 Å². The molecule has 0 amide bonds. The molecule has 0 N–H and O–H groups in total.